The highest BCUT2D eigenvalue weighted by molar-refractivity contribution is 7.21. The van der Waals surface area contributed by atoms with Crippen LogP contribution in [0.25, 0.3) is 20.8 Å². The summed E-state index contributed by atoms with van der Waals surface area (Å²) in [5, 5.41) is 1.11. The van der Waals surface area contributed by atoms with Crippen LogP contribution in [0, 0.1) is 0 Å². The Morgan fingerprint density at radius 2 is 1.71 bits per heavy atom. The average molecular weight is 294 g/mol. The molecule has 0 radical (unpaired) electrons. The summed E-state index contributed by atoms with van der Waals surface area (Å²) in [6.45, 7) is 2.38. The molecule has 1 saturated heterocycles. The van der Waals surface area contributed by atoms with Crippen LogP contribution in [-0.2, 0) is 0 Å². The number of piperidine rings is 1. The fraction of sp³-hybridized carbons (Fsp3) is 0.278. The first kappa shape index (κ1) is 12.8. The second kappa shape index (κ2) is 5.49. The Kier molecular flexibility index (Phi) is 3.36. The number of aromatic nitrogens is 1. The number of hydrogen-bond acceptors (Lipinski definition) is 3. The summed E-state index contributed by atoms with van der Waals surface area (Å²) in [5.74, 6) is 0. The quantitative estimate of drug-likeness (QED) is 0.664. The molecule has 1 aromatic heterocycles. The number of rotatable bonds is 2. The van der Waals surface area contributed by atoms with E-state index in [0.717, 1.165) is 10.5 Å². The highest BCUT2D eigenvalue weighted by Crippen LogP contribution is 2.33. The summed E-state index contributed by atoms with van der Waals surface area (Å²) in [4.78, 5) is 7.27. The molecule has 3 aromatic rings. The Morgan fingerprint density at radius 1 is 0.905 bits per heavy atom. The number of hydrogen-bond donors (Lipinski definition) is 0. The van der Waals surface area contributed by atoms with Crippen molar-refractivity contribution in [1.29, 1.82) is 0 Å². The Hall–Kier alpha value is -1.87. The molecular weight excluding hydrogens is 276 g/mol. The molecule has 0 N–H and O–H groups in total. The van der Waals surface area contributed by atoms with E-state index < -0.39 is 0 Å². The zero-order valence-electron chi connectivity index (χ0n) is 12.0. The molecule has 0 unspecified atom stereocenters. The molecule has 1 aliphatic rings. The van der Waals surface area contributed by atoms with Gasteiger partial charge in [-0.1, -0.05) is 30.3 Å². The Morgan fingerprint density at radius 3 is 2.52 bits per heavy atom. The van der Waals surface area contributed by atoms with Crippen LogP contribution in [-0.4, -0.2) is 18.1 Å². The van der Waals surface area contributed by atoms with Crippen LogP contribution in [0.4, 0.5) is 5.69 Å². The molecule has 106 valence electrons. The van der Waals surface area contributed by atoms with E-state index in [1.807, 2.05) is 6.07 Å². The lowest BCUT2D eigenvalue weighted by atomic mass is 10.1. The van der Waals surface area contributed by atoms with Crippen molar-refractivity contribution in [3.05, 3.63) is 48.5 Å². The standard InChI is InChI=1S/C18H18N2S/c1-3-7-14(8-4-1)18-19-16-10-9-15(13-17(16)21-18)20-11-5-2-6-12-20/h1,3-4,7-10,13H,2,5-6,11-12H2. The van der Waals surface area contributed by atoms with Gasteiger partial charge in [0.15, 0.2) is 0 Å². The molecule has 0 spiro atoms. The SMILES string of the molecule is c1ccc(-c2nc3ccc(N4CCCCC4)cc3s2)cc1. The second-order valence-electron chi connectivity index (χ2n) is 5.58. The Balaban J connectivity index is 1.71. The first-order chi connectivity index (χ1) is 10.4. The maximum Gasteiger partial charge on any atom is 0.124 e. The molecule has 21 heavy (non-hydrogen) atoms. The fourth-order valence-corrected chi connectivity index (χ4v) is 3.97. The molecule has 2 aromatic carbocycles. The number of anilines is 1. The molecule has 0 bridgehead atoms. The monoisotopic (exact) mass is 294 g/mol. The van der Waals surface area contributed by atoms with Gasteiger partial charge in [-0.2, -0.15) is 0 Å². The molecule has 4 rings (SSSR count). The lowest BCUT2D eigenvalue weighted by Gasteiger charge is -2.28. The van der Waals surface area contributed by atoms with Crippen LogP contribution in [0.2, 0.25) is 0 Å². The van der Waals surface area contributed by atoms with E-state index in [-0.39, 0.29) is 0 Å². The van der Waals surface area contributed by atoms with Crippen molar-refractivity contribution in [2.24, 2.45) is 0 Å². The van der Waals surface area contributed by atoms with Gasteiger partial charge in [0.25, 0.3) is 0 Å². The molecular formula is C18H18N2S. The van der Waals surface area contributed by atoms with Gasteiger partial charge >= 0.3 is 0 Å². The van der Waals surface area contributed by atoms with Crippen LogP contribution < -0.4 is 4.90 Å². The Bertz CT molecular complexity index is 742. The normalized spacial score (nSPS) is 15.5. The molecule has 2 nitrogen and oxygen atoms in total. The third kappa shape index (κ3) is 2.54. The summed E-state index contributed by atoms with van der Waals surface area (Å²) in [5.41, 5.74) is 3.67. The summed E-state index contributed by atoms with van der Waals surface area (Å²) in [7, 11) is 0. The topological polar surface area (TPSA) is 16.1 Å². The van der Waals surface area contributed by atoms with E-state index in [1.54, 1.807) is 11.3 Å². The lowest BCUT2D eigenvalue weighted by Crippen LogP contribution is -2.29. The van der Waals surface area contributed by atoms with Gasteiger partial charge in [0.05, 0.1) is 10.2 Å². The van der Waals surface area contributed by atoms with Crippen molar-refractivity contribution >= 4 is 27.2 Å². The summed E-state index contributed by atoms with van der Waals surface area (Å²) < 4.78 is 1.29. The molecule has 1 fully saturated rings. The Labute approximate surface area is 129 Å². The van der Waals surface area contributed by atoms with E-state index in [0.29, 0.717) is 0 Å². The van der Waals surface area contributed by atoms with Gasteiger partial charge in [-0.05, 0) is 37.5 Å². The predicted octanol–water partition coefficient (Wildman–Crippen LogP) is 4.95. The van der Waals surface area contributed by atoms with Crippen LogP contribution >= 0.6 is 11.3 Å². The van der Waals surface area contributed by atoms with Crippen molar-refractivity contribution < 1.29 is 0 Å². The average Bonchev–Trinajstić information content (AvgIpc) is 2.99. The van der Waals surface area contributed by atoms with Gasteiger partial charge in [-0.25, -0.2) is 4.98 Å². The first-order valence-corrected chi connectivity index (χ1v) is 8.43. The van der Waals surface area contributed by atoms with Crippen LogP contribution in [0.1, 0.15) is 19.3 Å². The maximum absolute atomic E-state index is 4.77. The van der Waals surface area contributed by atoms with Crippen molar-refractivity contribution in [2.45, 2.75) is 19.3 Å². The van der Waals surface area contributed by atoms with Crippen molar-refractivity contribution in [3.8, 4) is 10.6 Å². The van der Waals surface area contributed by atoms with Crippen LogP contribution in [0.15, 0.2) is 48.5 Å². The highest BCUT2D eigenvalue weighted by atomic mass is 32.1. The zero-order valence-corrected chi connectivity index (χ0v) is 12.8. The molecule has 0 aliphatic carbocycles. The minimum absolute atomic E-state index is 1.11. The van der Waals surface area contributed by atoms with Crippen LogP contribution in [0.3, 0.4) is 0 Å². The molecule has 0 saturated carbocycles. The molecule has 0 atom stereocenters. The second-order valence-corrected chi connectivity index (χ2v) is 6.62. The van der Waals surface area contributed by atoms with Gasteiger partial charge in [0.1, 0.15) is 5.01 Å². The summed E-state index contributed by atoms with van der Waals surface area (Å²) >= 11 is 1.79. The molecule has 0 amide bonds. The van der Waals surface area contributed by atoms with E-state index in [4.69, 9.17) is 4.98 Å². The van der Waals surface area contributed by atoms with Gasteiger partial charge in [0.2, 0.25) is 0 Å². The van der Waals surface area contributed by atoms with Gasteiger partial charge in [-0.15, -0.1) is 11.3 Å². The molecule has 3 heteroatoms. The number of benzene rings is 2. The number of nitrogens with zero attached hydrogens (tertiary/aromatic N) is 2. The number of thiazole rings is 1. The minimum Gasteiger partial charge on any atom is -0.371 e. The van der Waals surface area contributed by atoms with E-state index in [1.165, 1.54) is 48.3 Å². The van der Waals surface area contributed by atoms with Crippen molar-refractivity contribution in [1.82, 2.24) is 4.98 Å². The van der Waals surface area contributed by atoms with Gasteiger partial charge in [-0.3, -0.25) is 0 Å². The lowest BCUT2D eigenvalue weighted by molar-refractivity contribution is 0.578. The van der Waals surface area contributed by atoms with Crippen LogP contribution in [0.5, 0.6) is 0 Å². The third-order valence-electron chi connectivity index (χ3n) is 4.11. The van der Waals surface area contributed by atoms with Crippen molar-refractivity contribution in [3.63, 3.8) is 0 Å². The van der Waals surface area contributed by atoms with E-state index >= 15 is 0 Å². The third-order valence-corrected chi connectivity index (χ3v) is 5.18. The first-order valence-electron chi connectivity index (χ1n) is 7.61. The zero-order chi connectivity index (χ0) is 14.1. The van der Waals surface area contributed by atoms with E-state index in [9.17, 15) is 0 Å². The summed E-state index contributed by atoms with van der Waals surface area (Å²) in [6, 6.07) is 17.1. The maximum atomic E-state index is 4.77. The largest absolute Gasteiger partial charge is 0.371 e. The fourth-order valence-electron chi connectivity index (χ4n) is 2.97. The predicted molar refractivity (Wildman–Crippen MR) is 91.1 cm³/mol. The smallest absolute Gasteiger partial charge is 0.124 e. The highest BCUT2D eigenvalue weighted by Gasteiger charge is 2.13. The van der Waals surface area contributed by atoms with Crippen molar-refractivity contribution in [2.75, 3.05) is 18.0 Å². The summed E-state index contributed by atoms with van der Waals surface area (Å²) in [6.07, 6.45) is 4.00. The van der Waals surface area contributed by atoms with Gasteiger partial charge in [0, 0.05) is 24.3 Å². The van der Waals surface area contributed by atoms with E-state index in [2.05, 4.69) is 47.4 Å². The minimum atomic E-state index is 1.11. The molecule has 2 heterocycles. The molecule has 1 aliphatic heterocycles. The number of fused-ring (bicyclic) bond motifs is 1. The van der Waals surface area contributed by atoms with Gasteiger partial charge < -0.3 is 4.90 Å².